The number of nitrogens with one attached hydrogen (secondary N) is 1. The lowest BCUT2D eigenvalue weighted by Crippen LogP contribution is -2.54. The zero-order chi connectivity index (χ0) is 33.4. The van der Waals surface area contributed by atoms with Gasteiger partial charge >= 0.3 is 0 Å². The molecule has 0 bridgehead atoms. The number of amides is 2. The molecule has 0 radical (unpaired) electrons. The van der Waals surface area contributed by atoms with Crippen molar-refractivity contribution < 1.29 is 18.0 Å². The third-order valence-corrected chi connectivity index (χ3v) is 10.7. The molecule has 1 aliphatic carbocycles. The van der Waals surface area contributed by atoms with Crippen molar-refractivity contribution in [2.45, 2.75) is 75.4 Å². The summed E-state index contributed by atoms with van der Waals surface area (Å²) in [5.41, 5.74) is 3.08. The lowest BCUT2D eigenvalue weighted by molar-refractivity contribution is -0.140. The Labute approximate surface area is 283 Å². The Kier molecular flexibility index (Phi) is 11.4. The van der Waals surface area contributed by atoms with E-state index in [2.05, 4.69) is 19.2 Å². The van der Waals surface area contributed by atoms with Gasteiger partial charge < -0.3 is 10.2 Å². The summed E-state index contributed by atoms with van der Waals surface area (Å²) in [5, 5.41) is 3.75. The molecule has 246 valence electrons. The monoisotopic (exact) mass is 671 g/mol. The van der Waals surface area contributed by atoms with Crippen molar-refractivity contribution in [3.05, 3.63) is 131 Å². The molecule has 4 aromatic carbocycles. The molecule has 47 heavy (non-hydrogen) atoms. The number of benzene rings is 4. The van der Waals surface area contributed by atoms with E-state index in [0.29, 0.717) is 10.7 Å². The van der Waals surface area contributed by atoms with Crippen LogP contribution in [0.2, 0.25) is 5.02 Å². The van der Waals surface area contributed by atoms with E-state index in [4.69, 9.17) is 11.6 Å². The first-order valence-electron chi connectivity index (χ1n) is 16.2. The lowest BCUT2D eigenvalue weighted by atomic mass is 10.0. The van der Waals surface area contributed by atoms with Crippen molar-refractivity contribution in [2.75, 3.05) is 10.8 Å². The number of halogens is 1. The Morgan fingerprint density at radius 3 is 2.00 bits per heavy atom. The van der Waals surface area contributed by atoms with Gasteiger partial charge in [0.15, 0.2) is 0 Å². The summed E-state index contributed by atoms with van der Waals surface area (Å²) in [5.74, 6) is -0.492. The Hall–Kier alpha value is -4.14. The number of carbonyl (C=O) groups excluding carboxylic acids is 2. The van der Waals surface area contributed by atoms with E-state index in [1.165, 1.54) is 17.0 Å². The van der Waals surface area contributed by atoms with Gasteiger partial charge in [0, 0.05) is 24.0 Å². The number of hydrogen-bond donors (Lipinski definition) is 1. The van der Waals surface area contributed by atoms with Gasteiger partial charge in [-0.3, -0.25) is 13.9 Å². The minimum atomic E-state index is -4.15. The summed E-state index contributed by atoms with van der Waals surface area (Å²) < 4.78 is 29.5. The maximum atomic E-state index is 14.6. The van der Waals surface area contributed by atoms with Crippen LogP contribution in [0.5, 0.6) is 0 Å². The molecule has 7 nitrogen and oxygen atoms in total. The van der Waals surface area contributed by atoms with Crippen LogP contribution in [0.3, 0.4) is 0 Å². The van der Waals surface area contributed by atoms with Gasteiger partial charge in [-0.05, 0) is 71.8 Å². The fourth-order valence-electron chi connectivity index (χ4n) is 5.98. The average Bonchev–Trinajstić information content (AvgIpc) is 3.60. The summed E-state index contributed by atoms with van der Waals surface area (Å²) >= 11 is 6.18. The maximum Gasteiger partial charge on any atom is 0.264 e. The van der Waals surface area contributed by atoms with Crippen LogP contribution in [0, 0.1) is 0 Å². The third kappa shape index (κ3) is 8.82. The molecule has 1 saturated carbocycles. The third-order valence-electron chi connectivity index (χ3n) is 8.70. The number of nitrogens with zero attached hydrogens (tertiary/aromatic N) is 2. The first-order valence-corrected chi connectivity index (χ1v) is 18.0. The predicted molar refractivity (Wildman–Crippen MR) is 188 cm³/mol. The Morgan fingerprint density at radius 2 is 1.40 bits per heavy atom. The molecule has 0 aliphatic heterocycles. The van der Waals surface area contributed by atoms with Crippen LogP contribution in [-0.4, -0.2) is 43.8 Å². The Morgan fingerprint density at radius 1 is 0.809 bits per heavy atom. The molecule has 2 amide bonds. The molecule has 5 rings (SSSR count). The molecule has 1 fully saturated rings. The Bertz CT molecular complexity index is 1730. The van der Waals surface area contributed by atoms with Crippen molar-refractivity contribution in [1.29, 1.82) is 0 Å². The van der Waals surface area contributed by atoms with Crippen molar-refractivity contribution in [2.24, 2.45) is 0 Å². The summed E-state index contributed by atoms with van der Waals surface area (Å²) in [6.07, 6.45) is 4.15. The zero-order valence-corrected chi connectivity index (χ0v) is 28.5. The molecular weight excluding hydrogens is 630 g/mol. The molecule has 9 heteroatoms. The summed E-state index contributed by atoms with van der Waals surface area (Å²) in [4.78, 5) is 30.3. The van der Waals surface area contributed by atoms with Crippen LogP contribution in [0.4, 0.5) is 5.69 Å². The first-order chi connectivity index (χ1) is 22.6. The van der Waals surface area contributed by atoms with Gasteiger partial charge in [-0.2, -0.15) is 0 Å². The smallest absolute Gasteiger partial charge is 0.264 e. The highest BCUT2D eigenvalue weighted by atomic mass is 35.5. The molecule has 4 aromatic rings. The van der Waals surface area contributed by atoms with E-state index in [1.807, 2.05) is 54.6 Å². The van der Waals surface area contributed by atoms with Crippen molar-refractivity contribution in [3.63, 3.8) is 0 Å². The van der Waals surface area contributed by atoms with Gasteiger partial charge in [0.05, 0.1) is 10.6 Å². The van der Waals surface area contributed by atoms with E-state index in [0.717, 1.165) is 46.7 Å². The van der Waals surface area contributed by atoms with E-state index in [-0.39, 0.29) is 35.7 Å². The fourth-order valence-corrected chi connectivity index (χ4v) is 7.54. The highest BCUT2D eigenvalue weighted by Crippen LogP contribution is 2.27. The molecule has 0 aromatic heterocycles. The summed E-state index contributed by atoms with van der Waals surface area (Å²) in [7, 11) is -4.15. The standard InChI is InChI=1S/C38H42ClN3O4S/c1-28(2)31-19-23-34(24-20-31)42(47(45,46)35-15-7-4-8-16-35)27-37(43)41(26-30-17-21-32(39)22-18-30)36(25-29-11-5-3-6-12-29)38(44)40-33-13-9-10-14-33/h3-8,11-12,15-24,28,33,36H,9-10,13-14,25-27H2,1-2H3,(H,40,44)/t36-/m0/s1. The van der Waals surface area contributed by atoms with Crippen molar-refractivity contribution in [1.82, 2.24) is 10.2 Å². The van der Waals surface area contributed by atoms with Crippen molar-refractivity contribution >= 4 is 39.1 Å². The highest BCUT2D eigenvalue weighted by molar-refractivity contribution is 7.92. The number of carbonyl (C=O) groups is 2. The second-order valence-electron chi connectivity index (χ2n) is 12.4. The molecule has 0 spiro atoms. The molecule has 1 aliphatic rings. The van der Waals surface area contributed by atoms with Gasteiger partial charge in [-0.25, -0.2) is 8.42 Å². The molecule has 1 N–H and O–H groups in total. The highest BCUT2D eigenvalue weighted by Gasteiger charge is 2.35. The van der Waals surface area contributed by atoms with Crippen LogP contribution >= 0.6 is 11.6 Å². The second-order valence-corrected chi connectivity index (χ2v) is 14.7. The molecule has 1 atom stereocenters. The number of rotatable bonds is 13. The van der Waals surface area contributed by atoms with Gasteiger partial charge in [0.2, 0.25) is 11.8 Å². The van der Waals surface area contributed by atoms with E-state index in [9.17, 15) is 18.0 Å². The molecular formula is C38H42ClN3O4S. The van der Waals surface area contributed by atoms with Gasteiger partial charge in [-0.1, -0.05) is 111 Å². The van der Waals surface area contributed by atoms with E-state index >= 15 is 0 Å². The topological polar surface area (TPSA) is 86.8 Å². The SMILES string of the molecule is CC(C)c1ccc(N(CC(=O)N(Cc2ccc(Cl)cc2)[C@@H](Cc2ccccc2)C(=O)NC2CCCC2)S(=O)(=O)c2ccccc2)cc1. The molecule has 0 unspecified atom stereocenters. The Balaban J connectivity index is 1.56. The first kappa shape index (κ1) is 34.2. The molecule has 0 heterocycles. The van der Waals surface area contributed by atoms with Gasteiger partial charge in [0.25, 0.3) is 10.0 Å². The van der Waals surface area contributed by atoms with Gasteiger partial charge in [-0.15, -0.1) is 0 Å². The predicted octanol–water partition coefficient (Wildman–Crippen LogP) is 7.36. The van der Waals surface area contributed by atoms with Crippen LogP contribution < -0.4 is 9.62 Å². The van der Waals surface area contributed by atoms with E-state index in [1.54, 1.807) is 42.5 Å². The van der Waals surface area contributed by atoms with Crippen LogP contribution in [0.1, 0.15) is 62.1 Å². The van der Waals surface area contributed by atoms with Crippen LogP contribution in [-0.2, 0) is 32.6 Å². The summed E-state index contributed by atoms with van der Waals surface area (Å²) in [6, 6.07) is 31.2. The quantitative estimate of drug-likeness (QED) is 0.161. The average molecular weight is 672 g/mol. The van der Waals surface area contributed by atoms with E-state index < -0.39 is 28.5 Å². The minimum absolute atomic E-state index is 0.0442. The largest absolute Gasteiger partial charge is 0.352 e. The van der Waals surface area contributed by atoms with Crippen LogP contribution in [0.25, 0.3) is 0 Å². The maximum absolute atomic E-state index is 14.6. The van der Waals surface area contributed by atoms with Crippen molar-refractivity contribution in [3.8, 4) is 0 Å². The number of sulfonamides is 1. The lowest BCUT2D eigenvalue weighted by Gasteiger charge is -2.34. The number of anilines is 1. The zero-order valence-electron chi connectivity index (χ0n) is 26.9. The number of hydrogen-bond acceptors (Lipinski definition) is 4. The molecule has 0 saturated heterocycles. The van der Waals surface area contributed by atoms with Gasteiger partial charge in [0.1, 0.15) is 12.6 Å². The second kappa shape index (κ2) is 15.6. The fraction of sp³-hybridized carbons (Fsp3) is 0.316. The minimum Gasteiger partial charge on any atom is -0.352 e. The normalized spacial score (nSPS) is 14.1. The van der Waals surface area contributed by atoms with Crippen LogP contribution in [0.15, 0.2) is 114 Å². The summed E-state index contributed by atoms with van der Waals surface area (Å²) in [6.45, 7) is 3.73.